The van der Waals surface area contributed by atoms with E-state index in [0.717, 1.165) is 4.47 Å². The maximum Gasteiger partial charge on any atom is 0.328 e. The van der Waals surface area contributed by atoms with E-state index in [9.17, 15) is 9.59 Å². The number of hydrogen-bond acceptors (Lipinski definition) is 3. The SMILES string of the molecule is CNC(C(=O)O)C(=O)c1ccc(Br)cc1. The molecule has 0 heterocycles. The molecule has 1 unspecified atom stereocenters. The van der Waals surface area contributed by atoms with Crippen molar-refractivity contribution in [2.45, 2.75) is 6.04 Å². The van der Waals surface area contributed by atoms with Crippen LogP contribution in [0.3, 0.4) is 0 Å². The van der Waals surface area contributed by atoms with Crippen LogP contribution >= 0.6 is 15.9 Å². The second-order valence-electron chi connectivity index (χ2n) is 2.93. The number of carbonyl (C=O) groups excluding carboxylic acids is 1. The first-order valence-electron chi connectivity index (χ1n) is 4.26. The largest absolute Gasteiger partial charge is 0.480 e. The van der Waals surface area contributed by atoms with Crippen molar-refractivity contribution < 1.29 is 14.7 Å². The van der Waals surface area contributed by atoms with E-state index in [2.05, 4.69) is 21.2 Å². The van der Waals surface area contributed by atoms with E-state index in [0.29, 0.717) is 5.56 Å². The molecule has 2 N–H and O–H groups in total. The lowest BCUT2D eigenvalue weighted by atomic mass is 10.0. The highest BCUT2D eigenvalue weighted by atomic mass is 79.9. The Kier molecular flexibility index (Phi) is 3.99. The summed E-state index contributed by atoms with van der Waals surface area (Å²) in [6.45, 7) is 0. The second-order valence-corrected chi connectivity index (χ2v) is 3.85. The Morgan fingerprint density at radius 2 is 1.87 bits per heavy atom. The number of ketones is 1. The zero-order valence-electron chi connectivity index (χ0n) is 8.03. The van der Waals surface area contributed by atoms with Crippen molar-refractivity contribution in [3.05, 3.63) is 34.3 Å². The third-order valence-corrected chi connectivity index (χ3v) is 2.46. The highest BCUT2D eigenvalue weighted by molar-refractivity contribution is 9.10. The summed E-state index contributed by atoms with van der Waals surface area (Å²) in [6.07, 6.45) is 0. The van der Waals surface area contributed by atoms with Crippen LogP contribution in [0.25, 0.3) is 0 Å². The molecule has 1 aromatic carbocycles. The highest BCUT2D eigenvalue weighted by Crippen LogP contribution is 2.12. The zero-order chi connectivity index (χ0) is 11.4. The summed E-state index contributed by atoms with van der Waals surface area (Å²) >= 11 is 3.23. The van der Waals surface area contributed by atoms with Crippen LogP contribution in [0, 0.1) is 0 Å². The van der Waals surface area contributed by atoms with Gasteiger partial charge < -0.3 is 10.4 Å². The van der Waals surface area contributed by atoms with E-state index >= 15 is 0 Å². The predicted octanol–water partition coefficient (Wildman–Crippen LogP) is 1.30. The van der Waals surface area contributed by atoms with E-state index < -0.39 is 17.8 Å². The first-order valence-corrected chi connectivity index (χ1v) is 5.05. The third kappa shape index (κ3) is 2.87. The first-order chi connectivity index (χ1) is 7.06. The molecule has 80 valence electrons. The Balaban J connectivity index is 2.93. The van der Waals surface area contributed by atoms with Crippen LogP contribution in [0.4, 0.5) is 0 Å². The Morgan fingerprint density at radius 3 is 2.27 bits per heavy atom. The number of carboxylic acid groups (broad SMARTS) is 1. The molecule has 0 radical (unpaired) electrons. The number of halogens is 1. The summed E-state index contributed by atoms with van der Waals surface area (Å²) in [7, 11) is 1.44. The topological polar surface area (TPSA) is 66.4 Å². The molecule has 5 heteroatoms. The molecule has 0 saturated heterocycles. The minimum atomic E-state index is -1.19. The lowest BCUT2D eigenvalue weighted by Gasteiger charge is -2.09. The van der Waals surface area contributed by atoms with Crippen LogP contribution in [0.2, 0.25) is 0 Å². The minimum Gasteiger partial charge on any atom is -0.480 e. The van der Waals surface area contributed by atoms with Gasteiger partial charge in [0.15, 0.2) is 11.8 Å². The van der Waals surface area contributed by atoms with Gasteiger partial charge >= 0.3 is 5.97 Å². The number of aliphatic carboxylic acids is 1. The molecule has 0 fully saturated rings. The number of hydrogen-bond donors (Lipinski definition) is 2. The zero-order valence-corrected chi connectivity index (χ0v) is 9.61. The van der Waals surface area contributed by atoms with E-state index in [1.54, 1.807) is 24.3 Å². The van der Waals surface area contributed by atoms with Gasteiger partial charge in [0.25, 0.3) is 0 Å². The monoisotopic (exact) mass is 271 g/mol. The molecular weight excluding hydrogens is 262 g/mol. The van der Waals surface area contributed by atoms with Gasteiger partial charge in [0.2, 0.25) is 0 Å². The highest BCUT2D eigenvalue weighted by Gasteiger charge is 2.24. The lowest BCUT2D eigenvalue weighted by molar-refractivity contribution is -0.137. The molecule has 0 spiro atoms. The van der Waals surface area contributed by atoms with Gasteiger partial charge in [0, 0.05) is 10.0 Å². The molecule has 4 nitrogen and oxygen atoms in total. The van der Waals surface area contributed by atoms with Gasteiger partial charge in [-0.3, -0.25) is 9.59 Å². The van der Waals surface area contributed by atoms with Gasteiger partial charge in [0.1, 0.15) is 0 Å². The van der Waals surface area contributed by atoms with E-state index in [-0.39, 0.29) is 0 Å². The Morgan fingerprint density at radius 1 is 1.33 bits per heavy atom. The standard InChI is InChI=1S/C10H10BrNO3/c1-12-8(10(14)15)9(13)6-2-4-7(11)5-3-6/h2-5,8,12H,1H3,(H,14,15). The number of likely N-dealkylation sites (N-methyl/N-ethyl adjacent to an activating group) is 1. The summed E-state index contributed by atoms with van der Waals surface area (Å²) in [5, 5.41) is 11.2. The van der Waals surface area contributed by atoms with E-state index in [1.807, 2.05) is 0 Å². The van der Waals surface area contributed by atoms with Crippen LogP contribution in [0.1, 0.15) is 10.4 Å². The fourth-order valence-electron chi connectivity index (χ4n) is 1.15. The molecule has 0 aliphatic carbocycles. The molecule has 0 aliphatic heterocycles. The fraction of sp³-hybridized carbons (Fsp3) is 0.200. The predicted molar refractivity (Wildman–Crippen MR) is 59.0 cm³/mol. The quantitative estimate of drug-likeness (QED) is 0.640. The van der Waals surface area contributed by atoms with Crippen molar-refractivity contribution in [3.8, 4) is 0 Å². The number of carbonyl (C=O) groups is 2. The van der Waals surface area contributed by atoms with Crippen molar-refractivity contribution in [2.24, 2.45) is 0 Å². The molecular formula is C10H10BrNO3. The van der Waals surface area contributed by atoms with Crippen molar-refractivity contribution in [1.29, 1.82) is 0 Å². The number of benzene rings is 1. The van der Waals surface area contributed by atoms with Gasteiger partial charge in [-0.25, -0.2) is 0 Å². The maximum atomic E-state index is 11.7. The summed E-state index contributed by atoms with van der Waals surface area (Å²) < 4.78 is 0.843. The van der Waals surface area contributed by atoms with Crippen LogP contribution in [0.15, 0.2) is 28.7 Å². The Labute approximate surface area is 95.4 Å². The third-order valence-electron chi connectivity index (χ3n) is 1.93. The van der Waals surface area contributed by atoms with Gasteiger partial charge in [-0.2, -0.15) is 0 Å². The molecule has 0 saturated carbocycles. The molecule has 1 atom stereocenters. The molecule has 0 aliphatic rings. The maximum absolute atomic E-state index is 11.7. The summed E-state index contributed by atoms with van der Waals surface area (Å²) in [5.41, 5.74) is 0.375. The van der Waals surface area contributed by atoms with E-state index in [4.69, 9.17) is 5.11 Å². The van der Waals surface area contributed by atoms with Gasteiger partial charge in [-0.05, 0) is 19.2 Å². The van der Waals surface area contributed by atoms with Crippen LogP contribution in [-0.4, -0.2) is 29.9 Å². The molecule has 15 heavy (non-hydrogen) atoms. The smallest absolute Gasteiger partial charge is 0.328 e. The van der Waals surface area contributed by atoms with Crippen LogP contribution < -0.4 is 5.32 Å². The average molecular weight is 272 g/mol. The molecule has 0 amide bonds. The summed E-state index contributed by atoms with van der Waals surface area (Å²) in [6, 6.07) is 5.37. The van der Waals surface area contributed by atoms with Gasteiger partial charge in [-0.1, -0.05) is 28.1 Å². The van der Waals surface area contributed by atoms with Crippen LogP contribution in [0.5, 0.6) is 0 Å². The van der Waals surface area contributed by atoms with Gasteiger partial charge in [-0.15, -0.1) is 0 Å². The lowest BCUT2D eigenvalue weighted by Crippen LogP contribution is -2.41. The minimum absolute atomic E-state index is 0.375. The number of rotatable bonds is 4. The second kappa shape index (κ2) is 5.04. The fourth-order valence-corrected chi connectivity index (χ4v) is 1.41. The Hall–Kier alpha value is -1.20. The molecule has 0 aromatic heterocycles. The molecule has 0 bridgehead atoms. The Bertz CT molecular complexity index is 375. The summed E-state index contributed by atoms with van der Waals surface area (Å²) in [4.78, 5) is 22.4. The number of carboxylic acids is 1. The normalized spacial score (nSPS) is 12.1. The van der Waals surface area contributed by atoms with Crippen molar-refractivity contribution in [3.63, 3.8) is 0 Å². The molecule has 1 aromatic rings. The van der Waals surface area contributed by atoms with Crippen molar-refractivity contribution in [2.75, 3.05) is 7.05 Å². The van der Waals surface area contributed by atoms with E-state index in [1.165, 1.54) is 7.05 Å². The van der Waals surface area contributed by atoms with Crippen molar-refractivity contribution in [1.82, 2.24) is 5.32 Å². The first kappa shape index (κ1) is 11.9. The van der Waals surface area contributed by atoms with Crippen molar-refractivity contribution >= 4 is 27.7 Å². The summed E-state index contributed by atoms with van der Waals surface area (Å²) in [5.74, 6) is -1.62. The number of nitrogens with one attached hydrogen (secondary N) is 1. The number of Topliss-reactive ketones (excluding diaryl/α,β-unsaturated/α-hetero) is 1. The van der Waals surface area contributed by atoms with Crippen LogP contribution in [-0.2, 0) is 4.79 Å². The molecule has 1 rings (SSSR count). The van der Waals surface area contributed by atoms with Gasteiger partial charge in [0.05, 0.1) is 0 Å². The average Bonchev–Trinajstić information content (AvgIpc) is 2.19.